The zero-order chi connectivity index (χ0) is 18.6. The SMILES string of the molecule is O=C(Nc1ccc(C(F)(F)F)cc1)C1=CCN(Cc2ccccc2)CC1. The third kappa shape index (κ3) is 4.73. The molecule has 1 amide bonds. The van der Waals surface area contributed by atoms with E-state index in [1.807, 2.05) is 24.3 Å². The fourth-order valence-corrected chi connectivity index (χ4v) is 2.86. The molecule has 0 fully saturated rings. The minimum absolute atomic E-state index is 0.260. The van der Waals surface area contributed by atoms with Crippen LogP contribution in [0.25, 0.3) is 0 Å². The number of carbonyl (C=O) groups excluding carboxylic acids is 1. The predicted molar refractivity (Wildman–Crippen MR) is 94.5 cm³/mol. The molecule has 3 nitrogen and oxygen atoms in total. The molecule has 0 spiro atoms. The van der Waals surface area contributed by atoms with Gasteiger partial charge in [0, 0.05) is 30.9 Å². The highest BCUT2D eigenvalue weighted by Gasteiger charge is 2.30. The normalized spacial score (nSPS) is 15.4. The van der Waals surface area contributed by atoms with E-state index in [0.717, 1.165) is 25.2 Å². The molecule has 0 saturated carbocycles. The van der Waals surface area contributed by atoms with Crippen LogP contribution in [0.15, 0.2) is 66.2 Å². The summed E-state index contributed by atoms with van der Waals surface area (Å²) in [7, 11) is 0. The summed E-state index contributed by atoms with van der Waals surface area (Å²) in [6.07, 6.45) is -1.89. The van der Waals surface area contributed by atoms with E-state index in [1.54, 1.807) is 0 Å². The van der Waals surface area contributed by atoms with Gasteiger partial charge in [-0.15, -0.1) is 0 Å². The second kappa shape index (κ2) is 7.74. The van der Waals surface area contributed by atoms with Gasteiger partial charge in [-0.3, -0.25) is 9.69 Å². The van der Waals surface area contributed by atoms with E-state index >= 15 is 0 Å². The average molecular weight is 360 g/mol. The fraction of sp³-hybridized carbons (Fsp3) is 0.250. The lowest BCUT2D eigenvalue weighted by Gasteiger charge is -2.26. The van der Waals surface area contributed by atoms with E-state index in [1.165, 1.54) is 17.7 Å². The van der Waals surface area contributed by atoms with Gasteiger partial charge in [-0.2, -0.15) is 13.2 Å². The molecule has 3 rings (SSSR count). The lowest BCUT2D eigenvalue weighted by atomic mass is 10.1. The first kappa shape index (κ1) is 18.2. The Balaban J connectivity index is 1.56. The number of rotatable bonds is 4. The molecule has 1 aliphatic heterocycles. The molecule has 2 aromatic carbocycles. The average Bonchev–Trinajstić information content (AvgIpc) is 2.63. The van der Waals surface area contributed by atoms with Gasteiger partial charge in [-0.1, -0.05) is 36.4 Å². The highest BCUT2D eigenvalue weighted by atomic mass is 19.4. The van der Waals surface area contributed by atoms with E-state index < -0.39 is 11.7 Å². The summed E-state index contributed by atoms with van der Waals surface area (Å²) < 4.78 is 37.7. The molecule has 0 aliphatic carbocycles. The van der Waals surface area contributed by atoms with Crippen LogP contribution < -0.4 is 5.32 Å². The Morgan fingerprint density at radius 3 is 2.31 bits per heavy atom. The third-order valence-electron chi connectivity index (χ3n) is 4.30. The second-order valence-electron chi connectivity index (χ2n) is 6.23. The summed E-state index contributed by atoms with van der Waals surface area (Å²) in [5.41, 5.74) is 1.51. The summed E-state index contributed by atoms with van der Waals surface area (Å²) in [6.45, 7) is 2.26. The quantitative estimate of drug-likeness (QED) is 0.872. The van der Waals surface area contributed by atoms with E-state index in [9.17, 15) is 18.0 Å². The van der Waals surface area contributed by atoms with Gasteiger partial charge in [-0.05, 0) is 36.2 Å². The second-order valence-corrected chi connectivity index (χ2v) is 6.23. The summed E-state index contributed by atoms with van der Waals surface area (Å²) >= 11 is 0. The zero-order valence-electron chi connectivity index (χ0n) is 14.1. The van der Waals surface area contributed by atoms with Crippen molar-refractivity contribution in [1.82, 2.24) is 4.90 Å². The van der Waals surface area contributed by atoms with Crippen molar-refractivity contribution in [3.63, 3.8) is 0 Å². The number of anilines is 1. The van der Waals surface area contributed by atoms with E-state index in [2.05, 4.69) is 22.3 Å². The van der Waals surface area contributed by atoms with Crippen LogP contribution in [-0.4, -0.2) is 23.9 Å². The van der Waals surface area contributed by atoms with E-state index in [-0.39, 0.29) is 5.91 Å². The first-order valence-electron chi connectivity index (χ1n) is 8.36. The maximum Gasteiger partial charge on any atom is 0.416 e. The van der Waals surface area contributed by atoms with Gasteiger partial charge < -0.3 is 5.32 Å². The Kier molecular flexibility index (Phi) is 5.42. The van der Waals surface area contributed by atoms with Crippen LogP contribution in [0.3, 0.4) is 0 Å². The molecular formula is C20H19F3N2O. The van der Waals surface area contributed by atoms with Gasteiger partial charge in [0.1, 0.15) is 0 Å². The molecule has 0 bridgehead atoms. The van der Waals surface area contributed by atoms with Gasteiger partial charge in [0.2, 0.25) is 0 Å². The molecule has 26 heavy (non-hydrogen) atoms. The van der Waals surface area contributed by atoms with Gasteiger partial charge in [-0.25, -0.2) is 0 Å². The van der Waals surface area contributed by atoms with Crippen LogP contribution >= 0.6 is 0 Å². The van der Waals surface area contributed by atoms with Crippen molar-refractivity contribution in [2.45, 2.75) is 19.1 Å². The van der Waals surface area contributed by atoms with E-state index in [4.69, 9.17) is 0 Å². The predicted octanol–water partition coefficient (Wildman–Crippen LogP) is 4.48. The number of nitrogens with zero attached hydrogens (tertiary/aromatic N) is 1. The summed E-state index contributed by atoms with van der Waals surface area (Å²) in [4.78, 5) is 14.5. The topological polar surface area (TPSA) is 32.3 Å². The summed E-state index contributed by atoms with van der Waals surface area (Å²) in [5, 5.41) is 2.66. The molecular weight excluding hydrogens is 341 g/mol. The molecule has 0 aromatic heterocycles. The number of halogens is 3. The Morgan fingerprint density at radius 2 is 1.73 bits per heavy atom. The number of benzene rings is 2. The lowest BCUT2D eigenvalue weighted by Crippen LogP contribution is -2.31. The largest absolute Gasteiger partial charge is 0.416 e. The molecule has 136 valence electrons. The molecule has 1 N–H and O–H groups in total. The van der Waals surface area contributed by atoms with Crippen molar-refractivity contribution in [1.29, 1.82) is 0 Å². The molecule has 2 aromatic rings. The van der Waals surface area contributed by atoms with Crippen LogP contribution in [0.1, 0.15) is 17.5 Å². The highest BCUT2D eigenvalue weighted by molar-refractivity contribution is 6.03. The van der Waals surface area contributed by atoms with Crippen molar-refractivity contribution >= 4 is 11.6 Å². The smallest absolute Gasteiger partial charge is 0.322 e. The summed E-state index contributed by atoms with van der Waals surface area (Å²) in [6, 6.07) is 14.6. The fourth-order valence-electron chi connectivity index (χ4n) is 2.86. The first-order valence-corrected chi connectivity index (χ1v) is 8.36. The van der Waals surface area contributed by atoms with Crippen LogP contribution in [-0.2, 0) is 17.5 Å². The molecule has 0 saturated heterocycles. The molecule has 6 heteroatoms. The number of nitrogens with one attached hydrogen (secondary N) is 1. The van der Waals surface area contributed by atoms with Crippen molar-refractivity contribution in [2.75, 3.05) is 18.4 Å². The van der Waals surface area contributed by atoms with Crippen molar-refractivity contribution in [3.8, 4) is 0 Å². The molecule has 0 atom stereocenters. The van der Waals surface area contributed by atoms with Gasteiger partial charge >= 0.3 is 6.18 Å². The first-order chi connectivity index (χ1) is 12.4. The number of amides is 1. The van der Waals surface area contributed by atoms with Crippen LogP contribution in [0.4, 0.5) is 18.9 Å². The molecule has 0 unspecified atom stereocenters. The van der Waals surface area contributed by atoms with Crippen LogP contribution in [0, 0.1) is 0 Å². The van der Waals surface area contributed by atoms with Crippen molar-refractivity contribution in [3.05, 3.63) is 77.4 Å². The zero-order valence-corrected chi connectivity index (χ0v) is 14.1. The number of hydrogen-bond donors (Lipinski definition) is 1. The molecule has 1 heterocycles. The maximum atomic E-state index is 12.6. The Hall–Kier alpha value is -2.60. The summed E-state index contributed by atoms with van der Waals surface area (Å²) in [5.74, 6) is -0.260. The standard InChI is InChI=1S/C20H19F3N2O/c21-20(22,23)17-6-8-18(9-7-17)24-19(26)16-10-12-25(13-11-16)14-15-4-2-1-3-5-15/h1-10H,11-14H2,(H,24,26). The maximum absolute atomic E-state index is 12.6. The lowest BCUT2D eigenvalue weighted by molar-refractivity contribution is -0.137. The Morgan fingerprint density at radius 1 is 1.04 bits per heavy atom. The number of carbonyl (C=O) groups is 1. The Bertz CT molecular complexity index is 783. The third-order valence-corrected chi connectivity index (χ3v) is 4.30. The van der Waals surface area contributed by atoms with E-state index in [0.29, 0.717) is 24.2 Å². The Labute approximate surface area is 150 Å². The van der Waals surface area contributed by atoms with Crippen LogP contribution in [0.2, 0.25) is 0 Å². The molecule has 1 aliphatic rings. The van der Waals surface area contributed by atoms with Gasteiger partial charge in [0.25, 0.3) is 5.91 Å². The monoisotopic (exact) mass is 360 g/mol. The van der Waals surface area contributed by atoms with Gasteiger partial charge in [0.05, 0.1) is 5.56 Å². The highest BCUT2D eigenvalue weighted by Crippen LogP contribution is 2.30. The number of alkyl halides is 3. The molecule has 0 radical (unpaired) electrons. The minimum Gasteiger partial charge on any atom is -0.322 e. The van der Waals surface area contributed by atoms with Crippen molar-refractivity contribution < 1.29 is 18.0 Å². The van der Waals surface area contributed by atoms with Crippen molar-refractivity contribution in [2.24, 2.45) is 0 Å². The number of hydrogen-bond acceptors (Lipinski definition) is 2. The minimum atomic E-state index is -4.38. The van der Waals surface area contributed by atoms with Crippen LogP contribution in [0.5, 0.6) is 0 Å². The van der Waals surface area contributed by atoms with Gasteiger partial charge in [0.15, 0.2) is 0 Å².